The second-order valence-corrected chi connectivity index (χ2v) is 8.71. The van der Waals surface area contributed by atoms with Gasteiger partial charge >= 0.3 is 0 Å². The van der Waals surface area contributed by atoms with E-state index in [2.05, 4.69) is 61.9 Å². The number of hydrogen-bond donors (Lipinski definition) is 1. The fourth-order valence-corrected chi connectivity index (χ4v) is 5.00. The van der Waals surface area contributed by atoms with Gasteiger partial charge in [0.2, 0.25) is 0 Å². The molecule has 0 bridgehead atoms. The molecule has 1 unspecified atom stereocenters. The highest BCUT2D eigenvalue weighted by molar-refractivity contribution is 5.47. The maximum atomic E-state index is 5.80. The summed E-state index contributed by atoms with van der Waals surface area (Å²) in [6, 6.07) is 11.2. The smallest absolute Gasteiger partial charge is 0.0302 e. The van der Waals surface area contributed by atoms with Gasteiger partial charge < -0.3 is 5.73 Å². The third-order valence-corrected chi connectivity index (χ3v) is 7.00. The Hall–Kier alpha value is -1.93. The molecule has 1 aliphatic carbocycles. The van der Waals surface area contributed by atoms with Crippen molar-refractivity contribution in [2.75, 3.05) is 6.54 Å². The highest BCUT2D eigenvalue weighted by atomic mass is 14.6. The summed E-state index contributed by atoms with van der Waals surface area (Å²) in [5.74, 6) is 2.92. The van der Waals surface area contributed by atoms with Crippen LogP contribution in [0.4, 0.5) is 0 Å². The van der Waals surface area contributed by atoms with Crippen LogP contribution in [0.25, 0.3) is 6.08 Å². The van der Waals surface area contributed by atoms with Crippen LogP contribution in [0.3, 0.4) is 0 Å². The third-order valence-electron chi connectivity index (χ3n) is 7.00. The number of nitrogens with zero attached hydrogens (tertiary/aromatic N) is 1. The van der Waals surface area contributed by atoms with Crippen molar-refractivity contribution in [1.82, 2.24) is 4.98 Å². The highest BCUT2D eigenvalue weighted by Crippen LogP contribution is 2.42. The monoisotopic (exact) mass is 376 g/mol. The number of pyridine rings is 1. The fourth-order valence-electron chi connectivity index (χ4n) is 5.00. The molecular weight excluding hydrogens is 340 g/mol. The van der Waals surface area contributed by atoms with E-state index in [4.69, 9.17) is 5.73 Å². The van der Waals surface area contributed by atoms with Gasteiger partial charge in [0.15, 0.2) is 0 Å². The average molecular weight is 377 g/mol. The van der Waals surface area contributed by atoms with Crippen molar-refractivity contribution in [2.24, 2.45) is 23.5 Å². The summed E-state index contributed by atoms with van der Waals surface area (Å²) in [6.07, 6.45) is 13.5. The van der Waals surface area contributed by atoms with Gasteiger partial charge in [0.1, 0.15) is 0 Å². The van der Waals surface area contributed by atoms with Crippen LogP contribution in [0.1, 0.15) is 67.2 Å². The largest absolute Gasteiger partial charge is 0.330 e. The van der Waals surface area contributed by atoms with E-state index in [9.17, 15) is 0 Å². The van der Waals surface area contributed by atoms with E-state index in [1.165, 1.54) is 47.9 Å². The van der Waals surface area contributed by atoms with Crippen molar-refractivity contribution in [3.05, 3.63) is 71.6 Å². The molecule has 0 aliphatic heterocycles. The van der Waals surface area contributed by atoms with Crippen molar-refractivity contribution in [3.63, 3.8) is 0 Å². The van der Waals surface area contributed by atoms with Gasteiger partial charge in [0.05, 0.1) is 0 Å². The Morgan fingerprint density at radius 3 is 2.39 bits per heavy atom. The first-order valence-electron chi connectivity index (χ1n) is 10.9. The summed E-state index contributed by atoms with van der Waals surface area (Å²) >= 11 is 0. The molecule has 1 aromatic carbocycles. The van der Waals surface area contributed by atoms with Crippen LogP contribution < -0.4 is 5.73 Å². The van der Waals surface area contributed by atoms with E-state index in [1.54, 1.807) is 0 Å². The Balaban J connectivity index is 1.78. The number of aryl methyl sites for hydroxylation is 1. The molecule has 1 heterocycles. The lowest BCUT2D eigenvalue weighted by Gasteiger charge is -2.37. The Labute approximate surface area is 171 Å². The molecule has 2 N–H and O–H groups in total. The Morgan fingerprint density at radius 2 is 1.79 bits per heavy atom. The normalized spacial score (nSPS) is 21.8. The predicted octanol–water partition coefficient (Wildman–Crippen LogP) is 6.15. The van der Waals surface area contributed by atoms with E-state index in [1.807, 2.05) is 12.3 Å². The van der Waals surface area contributed by atoms with Gasteiger partial charge in [-0.3, -0.25) is 4.98 Å². The Bertz CT molecular complexity index is 741. The van der Waals surface area contributed by atoms with E-state index < -0.39 is 0 Å². The molecule has 0 spiro atoms. The van der Waals surface area contributed by atoms with Crippen LogP contribution in [0, 0.1) is 24.7 Å². The van der Waals surface area contributed by atoms with Crippen molar-refractivity contribution in [1.29, 1.82) is 0 Å². The molecule has 3 rings (SSSR count). The molecule has 2 heteroatoms. The lowest BCUT2D eigenvalue weighted by molar-refractivity contribution is 0.189. The zero-order chi connectivity index (χ0) is 19.9. The van der Waals surface area contributed by atoms with Crippen LogP contribution in [0.5, 0.6) is 0 Å². The van der Waals surface area contributed by atoms with Gasteiger partial charge in [0.25, 0.3) is 0 Å². The molecule has 2 nitrogen and oxygen atoms in total. The standard InChI is InChI=1S/C26H36N2/c1-4-21-5-7-23(8-6-21)26(17-25-18-28-16-14-20(25)3)24-11-9-22(10-12-24)19(2)13-15-27/h4-8,14,16,18-19,22,24,26H,1,9-13,15,17,27H2,2-3H3/t19-,22?,24?,26?/m1/s1. The van der Waals surface area contributed by atoms with Crippen LogP contribution in [-0.4, -0.2) is 11.5 Å². The van der Waals surface area contributed by atoms with Crippen LogP contribution in [0.15, 0.2) is 49.3 Å². The highest BCUT2D eigenvalue weighted by Gasteiger charge is 2.30. The van der Waals surface area contributed by atoms with Gasteiger partial charge in [-0.2, -0.15) is 0 Å². The minimum absolute atomic E-state index is 0.563. The molecule has 2 atom stereocenters. The predicted molar refractivity (Wildman–Crippen MR) is 120 cm³/mol. The summed E-state index contributed by atoms with van der Waals surface area (Å²) in [7, 11) is 0. The maximum Gasteiger partial charge on any atom is 0.0302 e. The number of rotatable bonds is 8. The number of nitrogens with two attached hydrogens (primary N) is 1. The molecule has 150 valence electrons. The fraction of sp³-hybridized carbons (Fsp3) is 0.500. The summed E-state index contributed by atoms with van der Waals surface area (Å²) in [5.41, 5.74) is 11.2. The first kappa shape index (κ1) is 20.8. The summed E-state index contributed by atoms with van der Waals surface area (Å²) in [5, 5.41) is 0. The number of benzene rings is 1. The number of hydrogen-bond acceptors (Lipinski definition) is 2. The minimum Gasteiger partial charge on any atom is -0.330 e. The molecule has 1 aromatic heterocycles. The van der Waals surface area contributed by atoms with Crippen molar-refractivity contribution < 1.29 is 0 Å². The van der Waals surface area contributed by atoms with Gasteiger partial charge in [0, 0.05) is 12.4 Å². The Kier molecular flexibility index (Phi) is 7.44. The molecule has 0 saturated heterocycles. The summed E-state index contributed by atoms with van der Waals surface area (Å²) < 4.78 is 0. The number of aromatic nitrogens is 1. The quantitative estimate of drug-likeness (QED) is 0.600. The third kappa shape index (κ3) is 5.11. The van der Waals surface area contributed by atoms with Crippen molar-refractivity contribution in [3.8, 4) is 0 Å². The second kappa shape index (κ2) is 10.0. The molecular formula is C26H36N2. The SMILES string of the molecule is C=Cc1ccc(C(Cc2cnccc2C)C2CCC([C@H](C)CCN)CC2)cc1. The van der Waals surface area contributed by atoms with Crippen molar-refractivity contribution >= 4 is 6.08 Å². The molecule has 1 aliphatic rings. The first-order chi connectivity index (χ1) is 13.6. The molecule has 28 heavy (non-hydrogen) atoms. The topological polar surface area (TPSA) is 38.9 Å². The van der Waals surface area contributed by atoms with Gasteiger partial charge in [-0.25, -0.2) is 0 Å². The van der Waals surface area contributed by atoms with Gasteiger partial charge in [-0.05, 0) is 104 Å². The lowest BCUT2D eigenvalue weighted by atomic mass is 9.69. The zero-order valence-corrected chi connectivity index (χ0v) is 17.6. The first-order valence-corrected chi connectivity index (χ1v) is 10.9. The van der Waals surface area contributed by atoms with Crippen LogP contribution in [-0.2, 0) is 6.42 Å². The van der Waals surface area contributed by atoms with Gasteiger partial charge in [-0.15, -0.1) is 0 Å². The van der Waals surface area contributed by atoms with Crippen molar-refractivity contribution in [2.45, 2.75) is 58.3 Å². The molecule has 2 aromatic rings. The minimum atomic E-state index is 0.563. The van der Waals surface area contributed by atoms with Gasteiger partial charge in [-0.1, -0.05) is 43.8 Å². The molecule has 0 amide bonds. The average Bonchev–Trinajstić information content (AvgIpc) is 2.74. The summed E-state index contributed by atoms with van der Waals surface area (Å²) in [6.45, 7) is 9.32. The second-order valence-electron chi connectivity index (χ2n) is 8.71. The zero-order valence-electron chi connectivity index (χ0n) is 17.6. The van der Waals surface area contributed by atoms with E-state index in [0.29, 0.717) is 5.92 Å². The molecule has 1 saturated carbocycles. The maximum absolute atomic E-state index is 5.80. The van der Waals surface area contributed by atoms with E-state index >= 15 is 0 Å². The van der Waals surface area contributed by atoms with Crippen LogP contribution in [0.2, 0.25) is 0 Å². The van der Waals surface area contributed by atoms with Crippen LogP contribution >= 0.6 is 0 Å². The summed E-state index contributed by atoms with van der Waals surface area (Å²) in [4.78, 5) is 4.40. The Morgan fingerprint density at radius 1 is 1.11 bits per heavy atom. The lowest BCUT2D eigenvalue weighted by Crippen LogP contribution is -2.26. The van der Waals surface area contributed by atoms with E-state index in [0.717, 1.165) is 37.1 Å². The van der Waals surface area contributed by atoms with E-state index in [-0.39, 0.29) is 0 Å². The molecule has 0 radical (unpaired) electrons. The molecule has 1 fully saturated rings.